The first-order valence-electron chi connectivity index (χ1n) is 5.68. The Labute approximate surface area is 110 Å². The van der Waals surface area contributed by atoms with E-state index in [1.807, 2.05) is 6.92 Å². The Morgan fingerprint density at radius 3 is 2.76 bits per heavy atom. The van der Waals surface area contributed by atoms with Gasteiger partial charge < -0.3 is 4.74 Å². The molecule has 0 amide bonds. The summed E-state index contributed by atoms with van der Waals surface area (Å²) in [5.74, 6) is 0.678. The molecule has 2 aromatic heterocycles. The van der Waals surface area contributed by atoms with Crippen LogP contribution in [0.3, 0.4) is 0 Å². The van der Waals surface area contributed by atoms with Crippen molar-refractivity contribution in [2.45, 2.75) is 32.8 Å². The molecule has 0 saturated carbocycles. The molecule has 17 heavy (non-hydrogen) atoms. The van der Waals surface area contributed by atoms with E-state index in [0.717, 1.165) is 23.1 Å². The molecule has 2 aromatic rings. The smallest absolute Gasteiger partial charge is 0.160 e. The van der Waals surface area contributed by atoms with Crippen LogP contribution in [0.1, 0.15) is 37.1 Å². The molecule has 0 saturated heterocycles. The SMILES string of the molecule is CCc1cc2c(Cl)nc(C(CC)OC)nc2s1. The molecular weight excluding hydrogens is 256 g/mol. The second-order valence-electron chi connectivity index (χ2n) is 3.79. The number of fused-ring (bicyclic) bond motifs is 1. The zero-order chi connectivity index (χ0) is 12.4. The Kier molecular flexibility index (Phi) is 3.97. The molecule has 0 aliphatic rings. The highest BCUT2D eigenvalue weighted by Crippen LogP contribution is 2.31. The minimum absolute atomic E-state index is 0.0796. The van der Waals surface area contributed by atoms with E-state index in [1.165, 1.54) is 4.88 Å². The van der Waals surface area contributed by atoms with Gasteiger partial charge >= 0.3 is 0 Å². The maximum atomic E-state index is 6.19. The van der Waals surface area contributed by atoms with E-state index in [-0.39, 0.29) is 6.10 Å². The fraction of sp³-hybridized carbons (Fsp3) is 0.500. The van der Waals surface area contributed by atoms with Crippen LogP contribution >= 0.6 is 22.9 Å². The minimum atomic E-state index is -0.0796. The summed E-state index contributed by atoms with van der Waals surface area (Å²) in [6.07, 6.45) is 1.75. The predicted molar refractivity (Wildman–Crippen MR) is 71.8 cm³/mol. The summed E-state index contributed by atoms with van der Waals surface area (Å²) in [6, 6.07) is 2.07. The van der Waals surface area contributed by atoms with Gasteiger partial charge in [-0.15, -0.1) is 11.3 Å². The van der Waals surface area contributed by atoms with Crippen LogP contribution in [0.5, 0.6) is 0 Å². The molecule has 2 heterocycles. The number of halogens is 1. The summed E-state index contributed by atoms with van der Waals surface area (Å²) < 4.78 is 5.34. The molecule has 0 fully saturated rings. The molecule has 3 nitrogen and oxygen atoms in total. The maximum Gasteiger partial charge on any atom is 0.160 e. The summed E-state index contributed by atoms with van der Waals surface area (Å²) >= 11 is 7.86. The van der Waals surface area contributed by atoms with Crippen molar-refractivity contribution in [3.63, 3.8) is 0 Å². The molecule has 0 spiro atoms. The summed E-state index contributed by atoms with van der Waals surface area (Å²) in [5, 5.41) is 1.47. The molecule has 92 valence electrons. The van der Waals surface area contributed by atoms with Crippen molar-refractivity contribution in [3.05, 3.63) is 21.9 Å². The van der Waals surface area contributed by atoms with Gasteiger partial charge in [0.15, 0.2) is 5.82 Å². The standard InChI is InChI=1S/C12H15ClN2OS/c1-4-7-6-8-10(13)14-11(9(5-2)16-3)15-12(8)17-7/h6,9H,4-5H2,1-3H3. The molecule has 0 bridgehead atoms. The van der Waals surface area contributed by atoms with Gasteiger partial charge in [-0.3, -0.25) is 0 Å². The Morgan fingerprint density at radius 1 is 1.41 bits per heavy atom. The number of hydrogen-bond donors (Lipinski definition) is 0. The van der Waals surface area contributed by atoms with Crippen molar-refractivity contribution >= 4 is 33.2 Å². The van der Waals surface area contributed by atoms with Crippen LogP contribution in [0.15, 0.2) is 6.07 Å². The predicted octanol–water partition coefficient (Wildman–Crippen LogP) is 4.00. The topological polar surface area (TPSA) is 35.0 Å². The zero-order valence-corrected chi connectivity index (χ0v) is 11.7. The number of aryl methyl sites for hydroxylation is 1. The van der Waals surface area contributed by atoms with Gasteiger partial charge in [-0.1, -0.05) is 25.4 Å². The van der Waals surface area contributed by atoms with Crippen LogP contribution < -0.4 is 0 Å². The Balaban J connectivity index is 2.53. The van der Waals surface area contributed by atoms with Gasteiger partial charge in [-0.2, -0.15) is 0 Å². The lowest BCUT2D eigenvalue weighted by atomic mass is 10.2. The summed E-state index contributed by atoms with van der Waals surface area (Å²) in [6.45, 7) is 4.17. The van der Waals surface area contributed by atoms with Crippen LogP contribution in [0.25, 0.3) is 10.2 Å². The van der Waals surface area contributed by atoms with Crippen molar-refractivity contribution in [1.82, 2.24) is 9.97 Å². The van der Waals surface area contributed by atoms with E-state index in [9.17, 15) is 0 Å². The molecule has 1 atom stereocenters. The lowest BCUT2D eigenvalue weighted by molar-refractivity contribution is 0.0929. The summed E-state index contributed by atoms with van der Waals surface area (Å²) in [7, 11) is 1.67. The first kappa shape index (κ1) is 12.7. The van der Waals surface area contributed by atoms with Gasteiger partial charge in [0.05, 0.1) is 0 Å². The number of nitrogens with zero attached hydrogens (tertiary/aromatic N) is 2. The van der Waals surface area contributed by atoms with Crippen molar-refractivity contribution in [1.29, 1.82) is 0 Å². The van der Waals surface area contributed by atoms with Gasteiger partial charge in [0.25, 0.3) is 0 Å². The highest BCUT2D eigenvalue weighted by molar-refractivity contribution is 7.18. The van der Waals surface area contributed by atoms with E-state index in [1.54, 1.807) is 18.4 Å². The fourth-order valence-electron chi connectivity index (χ4n) is 1.72. The van der Waals surface area contributed by atoms with Gasteiger partial charge in [-0.25, -0.2) is 9.97 Å². The third-order valence-corrected chi connectivity index (χ3v) is 4.17. The molecule has 0 aliphatic heterocycles. The monoisotopic (exact) mass is 270 g/mol. The first-order chi connectivity index (χ1) is 8.19. The Bertz CT molecular complexity index is 522. The minimum Gasteiger partial charge on any atom is -0.373 e. The lowest BCUT2D eigenvalue weighted by Gasteiger charge is -2.11. The molecule has 0 aliphatic carbocycles. The van der Waals surface area contributed by atoms with E-state index >= 15 is 0 Å². The molecule has 0 radical (unpaired) electrons. The normalized spacial score (nSPS) is 13.2. The molecule has 1 unspecified atom stereocenters. The number of aromatic nitrogens is 2. The molecule has 5 heteroatoms. The summed E-state index contributed by atoms with van der Waals surface area (Å²) in [5.41, 5.74) is 0. The second kappa shape index (κ2) is 5.29. The Hall–Kier alpha value is -0.710. The van der Waals surface area contributed by atoms with E-state index in [4.69, 9.17) is 16.3 Å². The van der Waals surface area contributed by atoms with Crippen LogP contribution in [-0.4, -0.2) is 17.1 Å². The molecule has 0 N–H and O–H groups in total. The average Bonchev–Trinajstić information content (AvgIpc) is 2.74. The number of ether oxygens (including phenoxy) is 1. The van der Waals surface area contributed by atoms with Gasteiger partial charge in [0, 0.05) is 17.4 Å². The quantitative estimate of drug-likeness (QED) is 0.788. The van der Waals surface area contributed by atoms with Crippen molar-refractivity contribution in [2.75, 3.05) is 7.11 Å². The third-order valence-electron chi connectivity index (χ3n) is 2.71. The van der Waals surface area contributed by atoms with Crippen LogP contribution in [-0.2, 0) is 11.2 Å². The third kappa shape index (κ3) is 2.44. The van der Waals surface area contributed by atoms with Crippen molar-refractivity contribution in [3.8, 4) is 0 Å². The van der Waals surface area contributed by atoms with E-state index in [0.29, 0.717) is 11.0 Å². The highest BCUT2D eigenvalue weighted by Gasteiger charge is 2.16. The number of thiophene rings is 1. The first-order valence-corrected chi connectivity index (χ1v) is 6.87. The van der Waals surface area contributed by atoms with Crippen molar-refractivity contribution in [2.24, 2.45) is 0 Å². The van der Waals surface area contributed by atoms with E-state index in [2.05, 4.69) is 23.0 Å². The fourth-order valence-corrected chi connectivity index (χ4v) is 2.99. The molecular formula is C12H15ClN2OS. The zero-order valence-electron chi connectivity index (χ0n) is 10.2. The van der Waals surface area contributed by atoms with Crippen molar-refractivity contribution < 1.29 is 4.74 Å². The average molecular weight is 271 g/mol. The number of rotatable bonds is 4. The summed E-state index contributed by atoms with van der Waals surface area (Å²) in [4.78, 5) is 11.1. The van der Waals surface area contributed by atoms with Gasteiger partial charge in [0.2, 0.25) is 0 Å². The maximum absolute atomic E-state index is 6.19. The largest absolute Gasteiger partial charge is 0.373 e. The number of methoxy groups -OCH3 is 1. The van der Waals surface area contributed by atoms with Crippen LogP contribution in [0.2, 0.25) is 5.15 Å². The number of hydrogen-bond acceptors (Lipinski definition) is 4. The van der Waals surface area contributed by atoms with Gasteiger partial charge in [0.1, 0.15) is 16.1 Å². The van der Waals surface area contributed by atoms with Crippen LogP contribution in [0, 0.1) is 0 Å². The molecule has 0 aromatic carbocycles. The lowest BCUT2D eigenvalue weighted by Crippen LogP contribution is -2.05. The highest BCUT2D eigenvalue weighted by atomic mass is 35.5. The van der Waals surface area contributed by atoms with Crippen LogP contribution in [0.4, 0.5) is 0 Å². The van der Waals surface area contributed by atoms with Gasteiger partial charge in [-0.05, 0) is 18.9 Å². The molecule has 2 rings (SSSR count). The Morgan fingerprint density at radius 2 is 2.18 bits per heavy atom. The van der Waals surface area contributed by atoms with E-state index < -0.39 is 0 Å². The second-order valence-corrected chi connectivity index (χ2v) is 5.26.